The Morgan fingerprint density at radius 1 is 1.30 bits per heavy atom. The molecule has 0 bridgehead atoms. The largest absolute Gasteiger partial charge is 0.354 e. The zero-order valence-corrected chi connectivity index (χ0v) is 12.6. The van der Waals surface area contributed by atoms with Crippen LogP contribution < -0.4 is 16.4 Å². The van der Waals surface area contributed by atoms with Crippen molar-refractivity contribution < 1.29 is 4.79 Å². The molecule has 5 heteroatoms. The van der Waals surface area contributed by atoms with Gasteiger partial charge in [0, 0.05) is 32.1 Å². The molecule has 0 aromatic heterocycles. The number of nitrogens with one attached hydrogen (secondary N) is 2. The average Bonchev–Trinajstić information content (AvgIpc) is 2.48. The molecular weight excluding hydrogens is 252 g/mol. The standard InChI is InChI=1S/C15H30N4O/c16-7-6-15(20)18-11-14-5-1-2-9-19(14)12-13-4-3-8-17-10-13/h13-14,17H,1-12,16H2,(H,18,20). The highest BCUT2D eigenvalue weighted by Crippen LogP contribution is 2.20. The number of hydrogen-bond acceptors (Lipinski definition) is 4. The third kappa shape index (κ3) is 5.04. The van der Waals surface area contributed by atoms with Gasteiger partial charge in [-0.2, -0.15) is 0 Å². The zero-order valence-electron chi connectivity index (χ0n) is 12.6. The molecule has 5 nitrogen and oxygen atoms in total. The highest BCUT2D eigenvalue weighted by atomic mass is 16.1. The van der Waals surface area contributed by atoms with Crippen LogP contribution in [0.2, 0.25) is 0 Å². The molecule has 2 aliphatic rings. The molecule has 4 N–H and O–H groups in total. The number of carbonyl (C=O) groups is 1. The molecule has 2 fully saturated rings. The second-order valence-corrected chi connectivity index (χ2v) is 6.20. The summed E-state index contributed by atoms with van der Waals surface area (Å²) in [7, 11) is 0. The van der Waals surface area contributed by atoms with Crippen molar-refractivity contribution in [1.29, 1.82) is 0 Å². The minimum absolute atomic E-state index is 0.0948. The van der Waals surface area contributed by atoms with Gasteiger partial charge in [-0.3, -0.25) is 9.69 Å². The Balaban J connectivity index is 1.76. The summed E-state index contributed by atoms with van der Waals surface area (Å²) in [5, 5.41) is 6.54. The summed E-state index contributed by atoms with van der Waals surface area (Å²) < 4.78 is 0. The van der Waals surface area contributed by atoms with Gasteiger partial charge in [-0.15, -0.1) is 0 Å². The number of likely N-dealkylation sites (tertiary alicyclic amines) is 1. The number of carbonyl (C=O) groups excluding carboxylic acids is 1. The predicted octanol–water partition coefficient (Wildman–Crippen LogP) is 0.306. The summed E-state index contributed by atoms with van der Waals surface area (Å²) in [5.41, 5.74) is 5.41. The van der Waals surface area contributed by atoms with Gasteiger partial charge >= 0.3 is 0 Å². The first kappa shape index (κ1) is 15.7. The van der Waals surface area contributed by atoms with E-state index in [0.717, 1.165) is 19.0 Å². The van der Waals surface area contributed by atoms with Crippen LogP contribution in [0.3, 0.4) is 0 Å². The van der Waals surface area contributed by atoms with E-state index in [2.05, 4.69) is 15.5 Å². The predicted molar refractivity (Wildman–Crippen MR) is 81.5 cm³/mol. The molecule has 2 unspecified atom stereocenters. The SMILES string of the molecule is NCCC(=O)NCC1CCCCN1CC1CCCNC1. The first-order valence-corrected chi connectivity index (χ1v) is 8.21. The Bertz CT molecular complexity index is 292. The lowest BCUT2D eigenvalue weighted by atomic mass is 9.95. The van der Waals surface area contributed by atoms with Crippen LogP contribution in [-0.4, -0.2) is 56.1 Å². The van der Waals surface area contributed by atoms with Crippen LogP contribution in [-0.2, 0) is 4.79 Å². The van der Waals surface area contributed by atoms with Crippen LogP contribution in [0.1, 0.15) is 38.5 Å². The van der Waals surface area contributed by atoms with Gasteiger partial charge in [-0.05, 0) is 51.2 Å². The van der Waals surface area contributed by atoms with E-state index in [1.807, 2.05) is 0 Å². The van der Waals surface area contributed by atoms with E-state index in [9.17, 15) is 4.79 Å². The second-order valence-electron chi connectivity index (χ2n) is 6.20. The Hall–Kier alpha value is -0.650. The van der Waals surface area contributed by atoms with Gasteiger partial charge in [0.1, 0.15) is 0 Å². The Morgan fingerprint density at radius 3 is 2.95 bits per heavy atom. The molecule has 0 aromatic carbocycles. The van der Waals surface area contributed by atoms with Crippen molar-refractivity contribution in [2.45, 2.75) is 44.6 Å². The minimum Gasteiger partial charge on any atom is -0.354 e. The van der Waals surface area contributed by atoms with Gasteiger partial charge in [0.25, 0.3) is 0 Å². The Labute approximate surface area is 122 Å². The summed E-state index contributed by atoms with van der Waals surface area (Å²) in [5.74, 6) is 0.876. The molecule has 2 aliphatic heterocycles. The molecule has 0 saturated carbocycles. The molecule has 0 spiro atoms. The van der Waals surface area contributed by atoms with Crippen LogP contribution in [0.25, 0.3) is 0 Å². The van der Waals surface area contributed by atoms with Crippen LogP contribution in [0, 0.1) is 5.92 Å². The molecule has 0 radical (unpaired) electrons. The van der Waals surface area contributed by atoms with Gasteiger partial charge in [0.05, 0.1) is 0 Å². The first-order valence-electron chi connectivity index (χ1n) is 8.21. The van der Waals surface area contributed by atoms with E-state index in [4.69, 9.17) is 5.73 Å². The highest BCUT2D eigenvalue weighted by Gasteiger charge is 2.25. The fraction of sp³-hybridized carbons (Fsp3) is 0.933. The lowest BCUT2D eigenvalue weighted by molar-refractivity contribution is -0.121. The number of nitrogens with two attached hydrogens (primary N) is 1. The van der Waals surface area contributed by atoms with Crippen molar-refractivity contribution in [2.24, 2.45) is 11.7 Å². The fourth-order valence-corrected chi connectivity index (χ4v) is 3.39. The van der Waals surface area contributed by atoms with E-state index in [0.29, 0.717) is 19.0 Å². The van der Waals surface area contributed by atoms with Crippen molar-refractivity contribution in [3.63, 3.8) is 0 Å². The van der Waals surface area contributed by atoms with Crippen molar-refractivity contribution in [3.05, 3.63) is 0 Å². The summed E-state index contributed by atoms with van der Waals surface area (Å²) in [6.45, 7) is 5.93. The fourth-order valence-electron chi connectivity index (χ4n) is 3.39. The molecule has 20 heavy (non-hydrogen) atoms. The quantitative estimate of drug-likeness (QED) is 0.655. The van der Waals surface area contributed by atoms with E-state index >= 15 is 0 Å². The molecule has 116 valence electrons. The van der Waals surface area contributed by atoms with Gasteiger partial charge < -0.3 is 16.4 Å². The number of rotatable bonds is 6. The van der Waals surface area contributed by atoms with E-state index in [-0.39, 0.29) is 5.91 Å². The lowest BCUT2D eigenvalue weighted by Gasteiger charge is -2.39. The number of amides is 1. The van der Waals surface area contributed by atoms with Gasteiger partial charge in [-0.25, -0.2) is 0 Å². The van der Waals surface area contributed by atoms with Gasteiger partial charge in [0.15, 0.2) is 0 Å². The molecule has 2 atom stereocenters. The Kier molecular flexibility index (Phi) is 6.76. The van der Waals surface area contributed by atoms with Crippen molar-refractivity contribution in [2.75, 3.05) is 39.3 Å². The minimum atomic E-state index is 0.0948. The first-order chi connectivity index (χ1) is 9.79. The molecule has 1 amide bonds. The van der Waals surface area contributed by atoms with Crippen LogP contribution in [0.4, 0.5) is 0 Å². The molecule has 2 saturated heterocycles. The summed E-state index contributed by atoms with van der Waals surface area (Å²) in [6, 6.07) is 0.521. The van der Waals surface area contributed by atoms with Gasteiger partial charge in [-0.1, -0.05) is 6.42 Å². The van der Waals surface area contributed by atoms with Crippen LogP contribution >= 0.6 is 0 Å². The summed E-state index contributed by atoms with van der Waals surface area (Å²) in [4.78, 5) is 14.2. The maximum Gasteiger partial charge on any atom is 0.221 e. The monoisotopic (exact) mass is 282 g/mol. The lowest BCUT2D eigenvalue weighted by Crippen LogP contribution is -2.50. The molecular formula is C15H30N4O. The average molecular weight is 282 g/mol. The maximum absolute atomic E-state index is 11.6. The Morgan fingerprint density at radius 2 is 2.20 bits per heavy atom. The van der Waals surface area contributed by atoms with Crippen molar-refractivity contribution >= 4 is 5.91 Å². The summed E-state index contributed by atoms with van der Waals surface area (Å²) >= 11 is 0. The number of hydrogen-bond donors (Lipinski definition) is 3. The molecule has 0 aliphatic carbocycles. The topological polar surface area (TPSA) is 70.4 Å². The van der Waals surface area contributed by atoms with Crippen LogP contribution in [0.5, 0.6) is 0 Å². The zero-order chi connectivity index (χ0) is 14.2. The van der Waals surface area contributed by atoms with Crippen molar-refractivity contribution in [3.8, 4) is 0 Å². The maximum atomic E-state index is 11.6. The second kappa shape index (κ2) is 8.60. The molecule has 2 rings (SSSR count). The van der Waals surface area contributed by atoms with E-state index < -0.39 is 0 Å². The van der Waals surface area contributed by atoms with Crippen LogP contribution in [0.15, 0.2) is 0 Å². The van der Waals surface area contributed by atoms with E-state index in [1.165, 1.54) is 51.7 Å². The smallest absolute Gasteiger partial charge is 0.221 e. The molecule has 0 aromatic rings. The third-order valence-corrected chi connectivity index (χ3v) is 4.55. The summed E-state index contributed by atoms with van der Waals surface area (Å²) in [6.07, 6.45) is 6.89. The molecule has 2 heterocycles. The number of piperidine rings is 2. The van der Waals surface area contributed by atoms with Crippen molar-refractivity contribution in [1.82, 2.24) is 15.5 Å². The van der Waals surface area contributed by atoms with E-state index in [1.54, 1.807) is 0 Å². The third-order valence-electron chi connectivity index (χ3n) is 4.55. The number of nitrogens with zero attached hydrogens (tertiary/aromatic N) is 1. The normalized spacial score (nSPS) is 28.2. The van der Waals surface area contributed by atoms with Gasteiger partial charge in [0.2, 0.25) is 5.91 Å². The highest BCUT2D eigenvalue weighted by molar-refractivity contribution is 5.76.